The second kappa shape index (κ2) is 8.17. The molecule has 2 atom stereocenters. The molecule has 0 unspecified atom stereocenters. The maximum Gasteiger partial charge on any atom is 0.252 e. The second-order valence-corrected chi connectivity index (χ2v) is 6.93. The number of ether oxygens (including phenoxy) is 1. The molecule has 1 aromatic heterocycles. The van der Waals surface area contributed by atoms with Crippen molar-refractivity contribution in [2.24, 2.45) is 11.7 Å². The number of nitrogens with two attached hydrogens (primary N) is 1. The number of methoxy groups -OCH3 is 1. The normalized spacial score (nSPS) is 18.3. The van der Waals surface area contributed by atoms with E-state index in [2.05, 4.69) is 34.4 Å². The molecular formula is C21H24N4O3. The zero-order chi connectivity index (χ0) is 20.3. The Balaban J connectivity index is 1.93. The summed E-state index contributed by atoms with van der Waals surface area (Å²) >= 11 is 0. The molecule has 1 aliphatic rings. The lowest BCUT2D eigenvalue weighted by Gasteiger charge is -2.17. The summed E-state index contributed by atoms with van der Waals surface area (Å²) in [7, 11) is 1.49. The summed E-state index contributed by atoms with van der Waals surface area (Å²) in [6.45, 7) is 4.47. The number of hydrogen-bond donors (Lipinski definition) is 3. The number of fused-ring (bicyclic) bond motifs is 1. The SMILES string of the molecule is CC#Cc1cnc(NCC[C@H]2NC(=O)C[C@H]2C)c2cc(OC)c(C(N)=O)cc12. The Hall–Kier alpha value is -3.27. The van der Waals surface area contributed by atoms with Crippen molar-refractivity contribution in [3.8, 4) is 17.6 Å². The van der Waals surface area contributed by atoms with Crippen molar-refractivity contribution in [1.29, 1.82) is 0 Å². The highest BCUT2D eigenvalue weighted by atomic mass is 16.5. The first kappa shape index (κ1) is 19.5. The molecule has 0 saturated carbocycles. The molecule has 0 radical (unpaired) electrons. The van der Waals surface area contributed by atoms with Gasteiger partial charge in [-0.3, -0.25) is 9.59 Å². The summed E-state index contributed by atoms with van der Waals surface area (Å²) in [5, 5.41) is 7.92. The highest BCUT2D eigenvalue weighted by molar-refractivity contribution is 6.04. The van der Waals surface area contributed by atoms with Crippen LogP contribution in [-0.2, 0) is 4.79 Å². The van der Waals surface area contributed by atoms with E-state index in [0.29, 0.717) is 41.6 Å². The monoisotopic (exact) mass is 380 g/mol. The number of aromatic nitrogens is 1. The molecule has 0 spiro atoms. The zero-order valence-corrected chi connectivity index (χ0v) is 16.3. The molecule has 2 aromatic rings. The lowest BCUT2D eigenvalue weighted by atomic mass is 10.00. The number of carbonyl (C=O) groups is 2. The van der Waals surface area contributed by atoms with Gasteiger partial charge in [0.1, 0.15) is 11.6 Å². The van der Waals surface area contributed by atoms with Gasteiger partial charge in [0.05, 0.1) is 18.2 Å². The van der Waals surface area contributed by atoms with E-state index in [0.717, 1.165) is 17.2 Å². The summed E-state index contributed by atoms with van der Waals surface area (Å²) in [4.78, 5) is 27.8. The van der Waals surface area contributed by atoms with Crippen molar-refractivity contribution in [1.82, 2.24) is 10.3 Å². The van der Waals surface area contributed by atoms with Crippen molar-refractivity contribution in [3.05, 3.63) is 29.5 Å². The molecule has 7 nitrogen and oxygen atoms in total. The van der Waals surface area contributed by atoms with Gasteiger partial charge in [-0.1, -0.05) is 12.8 Å². The Bertz CT molecular complexity index is 991. The number of benzene rings is 1. The van der Waals surface area contributed by atoms with Gasteiger partial charge in [-0.15, -0.1) is 5.92 Å². The van der Waals surface area contributed by atoms with Crippen LogP contribution in [0.2, 0.25) is 0 Å². The maximum absolute atomic E-state index is 11.8. The van der Waals surface area contributed by atoms with Gasteiger partial charge in [-0.05, 0) is 31.4 Å². The summed E-state index contributed by atoms with van der Waals surface area (Å²) < 4.78 is 5.34. The minimum Gasteiger partial charge on any atom is -0.496 e. The maximum atomic E-state index is 11.8. The van der Waals surface area contributed by atoms with Crippen molar-refractivity contribution in [2.75, 3.05) is 19.0 Å². The number of hydrogen-bond acceptors (Lipinski definition) is 5. The van der Waals surface area contributed by atoms with Gasteiger partial charge in [0.25, 0.3) is 5.91 Å². The van der Waals surface area contributed by atoms with Gasteiger partial charge in [0.2, 0.25) is 5.91 Å². The van der Waals surface area contributed by atoms with Gasteiger partial charge in [-0.25, -0.2) is 4.98 Å². The molecule has 2 heterocycles. The fraction of sp³-hybridized carbons (Fsp3) is 0.381. The van der Waals surface area contributed by atoms with E-state index < -0.39 is 5.91 Å². The van der Waals surface area contributed by atoms with Crippen LogP contribution < -0.4 is 21.1 Å². The highest BCUT2D eigenvalue weighted by Crippen LogP contribution is 2.31. The second-order valence-electron chi connectivity index (χ2n) is 6.93. The van der Waals surface area contributed by atoms with Crippen molar-refractivity contribution < 1.29 is 14.3 Å². The van der Waals surface area contributed by atoms with E-state index in [1.807, 2.05) is 0 Å². The van der Waals surface area contributed by atoms with Crippen LogP contribution in [0.3, 0.4) is 0 Å². The number of carbonyl (C=O) groups excluding carboxylic acids is 2. The first-order valence-corrected chi connectivity index (χ1v) is 9.21. The van der Waals surface area contributed by atoms with Crippen LogP contribution >= 0.6 is 0 Å². The lowest BCUT2D eigenvalue weighted by Crippen LogP contribution is -2.30. The molecule has 146 valence electrons. The molecule has 1 aliphatic heterocycles. The quantitative estimate of drug-likeness (QED) is 0.665. The summed E-state index contributed by atoms with van der Waals surface area (Å²) in [6, 6.07) is 3.61. The van der Waals surface area contributed by atoms with Crippen LogP contribution in [0, 0.1) is 17.8 Å². The minimum atomic E-state index is -0.563. The van der Waals surface area contributed by atoms with Gasteiger partial charge in [-0.2, -0.15) is 0 Å². The average Bonchev–Trinajstić information content (AvgIpc) is 2.99. The van der Waals surface area contributed by atoms with Crippen LogP contribution in [0.15, 0.2) is 18.3 Å². The first-order valence-electron chi connectivity index (χ1n) is 9.21. The van der Waals surface area contributed by atoms with Crippen LogP contribution in [-0.4, -0.2) is 36.5 Å². The van der Waals surface area contributed by atoms with Crippen molar-refractivity contribution in [2.45, 2.75) is 32.7 Å². The number of nitrogens with one attached hydrogen (secondary N) is 2. The van der Waals surface area contributed by atoms with Crippen molar-refractivity contribution >= 4 is 28.4 Å². The molecule has 4 N–H and O–H groups in total. The fourth-order valence-electron chi connectivity index (χ4n) is 3.55. The lowest BCUT2D eigenvalue weighted by molar-refractivity contribution is -0.119. The first-order chi connectivity index (χ1) is 13.4. The third-order valence-corrected chi connectivity index (χ3v) is 5.02. The number of rotatable bonds is 6. The Kier molecular flexibility index (Phi) is 5.69. The summed E-state index contributed by atoms with van der Waals surface area (Å²) in [5.41, 5.74) is 6.51. The zero-order valence-electron chi connectivity index (χ0n) is 16.3. The molecule has 28 heavy (non-hydrogen) atoms. The Morgan fingerprint density at radius 3 is 2.82 bits per heavy atom. The van der Waals surface area contributed by atoms with E-state index in [1.165, 1.54) is 7.11 Å². The molecule has 1 saturated heterocycles. The average molecular weight is 380 g/mol. The number of nitrogens with zero attached hydrogens (tertiary/aromatic N) is 1. The van der Waals surface area contributed by atoms with Gasteiger partial charge in [0, 0.05) is 36.0 Å². The van der Waals surface area contributed by atoms with Gasteiger partial charge >= 0.3 is 0 Å². The third-order valence-electron chi connectivity index (χ3n) is 5.02. The van der Waals surface area contributed by atoms with Crippen LogP contribution in [0.4, 0.5) is 5.82 Å². The predicted octanol–water partition coefficient (Wildman–Crippen LogP) is 2.04. The molecule has 0 aliphatic carbocycles. The standard InChI is InChI=1S/C21H24N4O3/c1-4-5-13-11-24-21(23-7-6-17-12(2)8-19(26)25-17)15-10-18(28-3)16(20(22)27)9-14(13)15/h9-12,17H,6-8H2,1-3H3,(H2,22,27)(H,23,24)(H,25,26)/t12-,17-/m1/s1. The number of anilines is 1. The van der Waals surface area contributed by atoms with Crippen LogP contribution in [0.5, 0.6) is 5.75 Å². The van der Waals surface area contributed by atoms with E-state index in [1.54, 1.807) is 25.3 Å². The fourth-order valence-corrected chi connectivity index (χ4v) is 3.55. The molecule has 3 rings (SSSR count). The molecular weight excluding hydrogens is 356 g/mol. The summed E-state index contributed by atoms with van der Waals surface area (Å²) in [6.07, 6.45) is 3.05. The molecule has 2 amide bonds. The number of primary amides is 1. The molecule has 1 aromatic carbocycles. The highest BCUT2D eigenvalue weighted by Gasteiger charge is 2.28. The van der Waals surface area contributed by atoms with E-state index in [-0.39, 0.29) is 11.9 Å². The van der Waals surface area contributed by atoms with Crippen LogP contribution in [0.25, 0.3) is 10.8 Å². The molecule has 1 fully saturated rings. The van der Waals surface area contributed by atoms with Crippen molar-refractivity contribution in [3.63, 3.8) is 0 Å². The van der Waals surface area contributed by atoms with E-state index in [9.17, 15) is 9.59 Å². The minimum absolute atomic E-state index is 0.104. The van der Waals surface area contributed by atoms with E-state index in [4.69, 9.17) is 10.5 Å². The largest absolute Gasteiger partial charge is 0.496 e. The predicted molar refractivity (Wildman–Crippen MR) is 108 cm³/mol. The van der Waals surface area contributed by atoms with Gasteiger partial charge < -0.3 is 21.1 Å². The molecule has 7 heteroatoms. The Morgan fingerprint density at radius 2 is 2.21 bits per heavy atom. The topological polar surface area (TPSA) is 106 Å². The Labute approximate surface area is 164 Å². The number of pyridine rings is 1. The van der Waals surface area contributed by atoms with E-state index >= 15 is 0 Å². The summed E-state index contributed by atoms with van der Waals surface area (Å²) in [5.74, 6) is 6.80. The smallest absolute Gasteiger partial charge is 0.252 e. The third kappa shape index (κ3) is 3.86. The number of amides is 2. The Morgan fingerprint density at radius 1 is 1.43 bits per heavy atom. The molecule has 0 bridgehead atoms. The van der Waals surface area contributed by atoms with Crippen LogP contribution in [0.1, 0.15) is 42.6 Å². The van der Waals surface area contributed by atoms with Gasteiger partial charge in [0.15, 0.2) is 0 Å².